The summed E-state index contributed by atoms with van der Waals surface area (Å²) in [4.78, 5) is 3.22. The molecule has 0 N–H and O–H groups in total. The summed E-state index contributed by atoms with van der Waals surface area (Å²) in [5.74, 6) is -2.10. The Kier molecular flexibility index (Phi) is 3.02. The molecule has 2 rings (SSSR count). The third-order valence-electron chi connectivity index (χ3n) is 2.33. The van der Waals surface area contributed by atoms with Crippen molar-refractivity contribution in [3.05, 3.63) is 53.9 Å². The van der Waals surface area contributed by atoms with Gasteiger partial charge in [-0.1, -0.05) is 12.1 Å². The van der Waals surface area contributed by atoms with Crippen molar-refractivity contribution >= 4 is 0 Å². The summed E-state index contributed by atoms with van der Waals surface area (Å²) in [5, 5.41) is 0. The third kappa shape index (κ3) is 2.32. The van der Waals surface area contributed by atoms with Crippen LogP contribution in [-0.2, 0) is 6.18 Å². The SMILES string of the molecule is Fc1ccnc(F)c1-c1cccc(C(F)(F)F)c1. The topological polar surface area (TPSA) is 12.9 Å². The highest BCUT2D eigenvalue weighted by Crippen LogP contribution is 2.33. The van der Waals surface area contributed by atoms with Crippen molar-refractivity contribution in [1.82, 2.24) is 4.98 Å². The third-order valence-corrected chi connectivity index (χ3v) is 2.33. The van der Waals surface area contributed by atoms with E-state index in [9.17, 15) is 22.0 Å². The van der Waals surface area contributed by atoms with E-state index >= 15 is 0 Å². The predicted octanol–water partition coefficient (Wildman–Crippen LogP) is 4.05. The minimum atomic E-state index is -4.56. The molecule has 0 atom stereocenters. The van der Waals surface area contributed by atoms with Crippen LogP contribution < -0.4 is 0 Å². The van der Waals surface area contributed by atoms with Crippen LogP contribution in [0.4, 0.5) is 22.0 Å². The van der Waals surface area contributed by atoms with Crippen LogP contribution in [-0.4, -0.2) is 4.98 Å². The number of rotatable bonds is 1. The summed E-state index contributed by atoms with van der Waals surface area (Å²) in [6, 6.07) is 4.68. The van der Waals surface area contributed by atoms with Crippen LogP contribution in [0.25, 0.3) is 11.1 Å². The molecule has 0 saturated carbocycles. The second-order valence-corrected chi connectivity index (χ2v) is 3.54. The summed E-state index contributed by atoms with van der Waals surface area (Å²) < 4.78 is 64.2. The fourth-order valence-electron chi connectivity index (χ4n) is 1.52. The average Bonchev–Trinajstić information content (AvgIpc) is 2.28. The van der Waals surface area contributed by atoms with Gasteiger partial charge >= 0.3 is 6.18 Å². The monoisotopic (exact) mass is 259 g/mol. The van der Waals surface area contributed by atoms with Crippen LogP contribution in [0.5, 0.6) is 0 Å². The molecule has 2 aromatic rings. The fraction of sp³-hybridized carbons (Fsp3) is 0.0833. The number of benzene rings is 1. The summed E-state index contributed by atoms with van der Waals surface area (Å²) in [5.41, 5.74) is -1.74. The Bertz CT molecular complexity index is 557. The molecule has 18 heavy (non-hydrogen) atoms. The average molecular weight is 259 g/mol. The minimum Gasteiger partial charge on any atom is -0.228 e. The molecule has 0 fully saturated rings. The first-order valence-corrected chi connectivity index (χ1v) is 4.87. The molecule has 0 amide bonds. The van der Waals surface area contributed by atoms with Gasteiger partial charge in [-0.2, -0.15) is 17.6 Å². The van der Waals surface area contributed by atoms with Gasteiger partial charge in [0.05, 0.1) is 11.1 Å². The van der Waals surface area contributed by atoms with E-state index in [0.29, 0.717) is 6.07 Å². The predicted molar refractivity (Wildman–Crippen MR) is 54.6 cm³/mol. The van der Waals surface area contributed by atoms with Gasteiger partial charge in [-0.3, -0.25) is 0 Å². The number of nitrogens with zero attached hydrogens (tertiary/aromatic N) is 1. The lowest BCUT2D eigenvalue weighted by Crippen LogP contribution is -2.05. The molecule has 0 unspecified atom stereocenters. The van der Waals surface area contributed by atoms with Crippen molar-refractivity contribution in [2.24, 2.45) is 0 Å². The van der Waals surface area contributed by atoms with Crippen molar-refractivity contribution < 1.29 is 22.0 Å². The van der Waals surface area contributed by atoms with Crippen LogP contribution in [0, 0.1) is 11.8 Å². The van der Waals surface area contributed by atoms with Gasteiger partial charge in [0.1, 0.15) is 5.82 Å². The maximum Gasteiger partial charge on any atom is 0.416 e. The molecule has 0 aliphatic heterocycles. The quantitative estimate of drug-likeness (QED) is 0.556. The van der Waals surface area contributed by atoms with Crippen LogP contribution in [0.2, 0.25) is 0 Å². The van der Waals surface area contributed by atoms with E-state index in [1.165, 1.54) is 6.07 Å². The normalized spacial score (nSPS) is 11.6. The van der Waals surface area contributed by atoms with Gasteiger partial charge in [0.25, 0.3) is 0 Å². The zero-order chi connectivity index (χ0) is 13.3. The van der Waals surface area contributed by atoms with Crippen LogP contribution in [0.15, 0.2) is 36.5 Å². The highest BCUT2D eigenvalue weighted by Gasteiger charge is 2.30. The van der Waals surface area contributed by atoms with E-state index in [1.807, 2.05) is 0 Å². The number of aromatic nitrogens is 1. The number of alkyl halides is 3. The van der Waals surface area contributed by atoms with E-state index < -0.39 is 29.1 Å². The van der Waals surface area contributed by atoms with Crippen molar-refractivity contribution in [1.29, 1.82) is 0 Å². The van der Waals surface area contributed by atoms with Gasteiger partial charge in [-0.15, -0.1) is 0 Å². The lowest BCUT2D eigenvalue weighted by Gasteiger charge is -2.09. The zero-order valence-electron chi connectivity index (χ0n) is 8.80. The summed E-state index contributed by atoms with van der Waals surface area (Å²) in [6.07, 6.45) is -3.66. The summed E-state index contributed by atoms with van der Waals surface area (Å²) >= 11 is 0. The van der Waals surface area contributed by atoms with Gasteiger partial charge in [-0.25, -0.2) is 9.37 Å². The molecule has 0 aliphatic rings. The van der Waals surface area contributed by atoms with Gasteiger partial charge in [-0.05, 0) is 23.8 Å². The molecule has 0 bridgehead atoms. The maximum atomic E-state index is 13.4. The Hall–Kier alpha value is -1.98. The molecule has 0 aliphatic carbocycles. The molecule has 1 heterocycles. The van der Waals surface area contributed by atoms with E-state index in [2.05, 4.69) is 4.98 Å². The number of halogens is 5. The number of hydrogen-bond acceptors (Lipinski definition) is 1. The molecular formula is C12H6F5N. The summed E-state index contributed by atoms with van der Waals surface area (Å²) in [6.45, 7) is 0. The van der Waals surface area contributed by atoms with Crippen molar-refractivity contribution in [3.8, 4) is 11.1 Å². The standard InChI is InChI=1S/C12H6F5N/c13-9-4-5-18-11(14)10(9)7-2-1-3-8(6-7)12(15,16)17/h1-6H. The number of pyridine rings is 1. The van der Waals surface area contributed by atoms with E-state index in [1.54, 1.807) is 0 Å². The lowest BCUT2D eigenvalue weighted by atomic mass is 10.0. The maximum absolute atomic E-state index is 13.4. The Morgan fingerprint density at radius 2 is 1.72 bits per heavy atom. The Labute approximate surface area is 98.9 Å². The zero-order valence-corrected chi connectivity index (χ0v) is 8.80. The molecule has 6 heteroatoms. The van der Waals surface area contributed by atoms with E-state index in [0.717, 1.165) is 24.4 Å². The Morgan fingerprint density at radius 3 is 2.33 bits per heavy atom. The molecule has 1 nitrogen and oxygen atoms in total. The molecule has 1 aromatic carbocycles. The van der Waals surface area contributed by atoms with Gasteiger partial charge < -0.3 is 0 Å². The van der Waals surface area contributed by atoms with Crippen molar-refractivity contribution in [2.75, 3.05) is 0 Å². The highest BCUT2D eigenvalue weighted by molar-refractivity contribution is 5.64. The molecular weight excluding hydrogens is 253 g/mol. The van der Waals surface area contributed by atoms with Crippen molar-refractivity contribution in [2.45, 2.75) is 6.18 Å². The van der Waals surface area contributed by atoms with Crippen LogP contribution in [0.3, 0.4) is 0 Å². The van der Waals surface area contributed by atoms with Crippen LogP contribution in [0.1, 0.15) is 5.56 Å². The van der Waals surface area contributed by atoms with Crippen LogP contribution >= 0.6 is 0 Å². The molecule has 94 valence electrons. The Morgan fingerprint density at radius 1 is 1.00 bits per heavy atom. The smallest absolute Gasteiger partial charge is 0.228 e. The highest BCUT2D eigenvalue weighted by atomic mass is 19.4. The lowest BCUT2D eigenvalue weighted by molar-refractivity contribution is -0.137. The van der Waals surface area contributed by atoms with E-state index in [4.69, 9.17) is 0 Å². The Balaban J connectivity index is 2.59. The van der Waals surface area contributed by atoms with Gasteiger partial charge in [0, 0.05) is 6.20 Å². The second kappa shape index (κ2) is 4.36. The molecule has 0 saturated heterocycles. The minimum absolute atomic E-state index is 0.201. The van der Waals surface area contributed by atoms with E-state index in [-0.39, 0.29) is 5.56 Å². The second-order valence-electron chi connectivity index (χ2n) is 3.54. The van der Waals surface area contributed by atoms with Gasteiger partial charge in [0.15, 0.2) is 0 Å². The summed E-state index contributed by atoms with van der Waals surface area (Å²) in [7, 11) is 0. The molecule has 0 radical (unpaired) electrons. The number of hydrogen-bond donors (Lipinski definition) is 0. The largest absolute Gasteiger partial charge is 0.416 e. The fourth-order valence-corrected chi connectivity index (χ4v) is 1.52. The first-order valence-electron chi connectivity index (χ1n) is 4.87. The first kappa shape index (κ1) is 12.5. The molecule has 1 aromatic heterocycles. The van der Waals surface area contributed by atoms with Gasteiger partial charge in [0.2, 0.25) is 5.95 Å². The first-order chi connectivity index (χ1) is 8.39. The molecule has 0 spiro atoms. The van der Waals surface area contributed by atoms with Crippen molar-refractivity contribution in [3.63, 3.8) is 0 Å².